The van der Waals surface area contributed by atoms with Crippen LogP contribution in [0.15, 0.2) is 23.4 Å². The van der Waals surface area contributed by atoms with Crippen molar-refractivity contribution in [3.63, 3.8) is 0 Å². The normalized spacial score (nSPS) is 18.6. The highest BCUT2D eigenvalue weighted by molar-refractivity contribution is 7.84. The van der Waals surface area contributed by atoms with Crippen LogP contribution in [0.4, 0.5) is 10.5 Å². The zero-order chi connectivity index (χ0) is 19.8. The monoisotopic (exact) mass is 394 g/mol. The van der Waals surface area contributed by atoms with Crippen molar-refractivity contribution in [2.24, 2.45) is 0 Å². The van der Waals surface area contributed by atoms with Gasteiger partial charge in [0.15, 0.2) is 5.16 Å². The fourth-order valence-corrected chi connectivity index (χ4v) is 4.30. The van der Waals surface area contributed by atoms with Crippen molar-refractivity contribution in [3.05, 3.63) is 28.3 Å². The van der Waals surface area contributed by atoms with Crippen LogP contribution in [0.25, 0.3) is 11.0 Å². The Bertz CT molecular complexity index is 904. The van der Waals surface area contributed by atoms with Gasteiger partial charge in [0.25, 0.3) is 5.69 Å². The minimum Gasteiger partial charge on any atom is -0.444 e. The van der Waals surface area contributed by atoms with E-state index >= 15 is 0 Å². The molecule has 0 aliphatic carbocycles. The van der Waals surface area contributed by atoms with Crippen LogP contribution in [0, 0.1) is 10.1 Å². The number of carbonyl (C=O) groups excluding carboxylic acids is 1. The van der Waals surface area contributed by atoms with Gasteiger partial charge in [-0.25, -0.2) is 9.78 Å². The highest BCUT2D eigenvalue weighted by Gasteiger charge is 2.33. The summed E-state index contributed by atoms with van der Waals surface area (Å²) in [5, 5.41) is 11.1. The van der Waals surface area contributed by atoms with Crippen molar-refractivity contribution in [3.8, 4) is 0 Å². The first kappa shape index (κ1) is 19.3. The largest absolute Gasteiger partial charge is 0.444 e. The van der Waals surface area contributed by atoms with E-state index in [-0.39, 0.29) is 22.6 Å². The molecule has 1 aliphatic rings. The quantitative estimate of drug-likeness (QED) is 0.629. The van der Waals surface area contributed by atoms with Crippen LogP contribution in [0.1, 0.15) is 33.6 Å². The first-order valence-corrected chi connectivity index (χ1v) is 9.98. The maximum atomic E-state index is 12.7. The average Bonchev–Trinajstić information content (AvgIpc) is 3.18. The molecule has 0 bridgehead atoms. The number of likely N-dealkylation sites (tertiary alicyclic amines) is 1. The smallest absolute Gasteiger partial charge is 0.410 e. The fourth-order valence-electron chi connectivity index (χ4n) is 3.02. The van der Waals surface area contributed by atoms with E-state index in [9.17, 15) is 19.1 Å². The van der Waals surface area contributed by atoms with Gasteiger partial charge in [0.1, 0.15) is 5.60 Å². The highest BCUT2D eigenvalue weighted by Crippen LogP contribution is 2.24. The van der Waals surface area contributed by atoms with Gasteiger partial charge >= 0.3 is 6.09 Å². The van der Waals surface area contributed by atoms with Gasteiger partial charge in [0.2, 0.25) is 0 Å². The molecule has 1 aromatic carbocycles. The Morgan fingerprint density at radius 2 is 2.22 bits per heavy atom. The Morgan fingerprint density at radius 1 is 1.48 bits per heavy atom. The van der Waals surface area contributed by atoms with Crippen LogP contribution < -0.4 is 0 Å². The number of benzene rings is 1. The van der Waals surface area contributed by atoms with E-state index in [1.165, 1.54) is 18.2 Å². The summed E-state index contributed by atoms with van der Waals surface area (Å²) in [6, 6.07) is 4.05. The molecule has 0 saturated carbocycles. The molecule has 0 spiro atoms. The second-order valence-corrected chi connectivity index (χ2v) is 8.89. The lowest BCUT2D eigenvalue weighted by Gasteiger charge is -2.28. The molecule has 9 nitrogen and oxygen atoms in total. The zero-order valence-electron chi connectivity index (χ0n) is 15.4. The molecule has 1 saturated heterocycles. The van der Waals surface area contributed by atoms with Crippen molar-refractivity contribution in [1.29, 1.82) is 0 Å². The molecule has 0 unspecified atom stereocenters. The van der Waals surface area contributed by atoms with Crippen LogP contribution >= 0.6 is 0 Å². The zero-order valence-corrected chi connectivity index (χ0v) is 16.2. The van der Waals surface area contributed by atoms with E-state index < -0.39 is 27.4 Å². The Hall–Kier alpha value is -2.49. The third kappa shape index (κ3) is 4.44. The summed E-state index contributed by atoms with van der Waals surface area (Å²) >= 11 is 0. The van der Waals surface area contributed by atoms with Crippen molar-refractivity contribution < 1.29 is 18.7 Å². The number of imidazole rings is 1. The number of carbonyl (C=O) groups is 1. The standard InChI is InChI=1S/C17H22N4O5S/c1-17(2,3)26-16(22)20-8-4-5-12(20)10-27(25)15-18-13-7-6-11(21(23)24)9-14(13)19-15/h6-7,9,12H,4-5,8,10H2,1-3H3,(H,18,19)/t12-,27+/m0/s1. The average molecular weight is 394 g/mol. The van der Waals surface area contributed by atoms with Gasteiger partial charge in [0, 0.05) is 24.7 Å². The first-order valence-electron chi connectivity index (χ1n) is 8.66. The summed E-state index contributed by atoms with van der Waals surface area (Å²) in [5.74, 6) is 0.237. The van der Waals surface area contributed by atoms with E-state index in [0.29, 0.717) is 17.6 Å². The molecule has 2 aromatic rings. The number of nitro groups is 1. The molecule has 146 valence electrons. The molecule has 1 fully saturated rings. The maximum Gasteiger partial charge on any atom is 0.410 e. The molecule has 1 aromatic heterocycles. The number of non-ortho nitro benzene ring substituents is 1. The third-order valence-corrected chi connectivity index (χ3v) is 5.53. The van der Waals surface area contributed by atoms with Gasteiger partial charge in [-0.15, -0.1) is 0 Å². The minimum absolute atomic E-state index is 0.0598. The molecule has 1 N–H and O–H groups in total. The van der Waals surface area contributed by atoms with Crippen LogP contribution in [0.3, 0.4) is 0 Å². The van der Waals surface area contributed by atoms with E-state index in [1.54, 1.807) is 4.90 Å². The summed E-state index contributed by atoms with van der Waals surface area (Å²) < 4.78 is 18.2. The predicted octanol–water partition coefficient (Wildman–Crippen LogP) is 2.98. The number of nitro benzene ring substituents is 1. The van der Waals surface area contributed by atoms with Crippen LogP contribution in [-0.2, 0) is 15.5 Å². The molecule has 3 rings (SSSR count). The molecule has 2 heterocycles. The number of rotatable bonds is 4. The summed E-state index contributed by atoms with van der Waals surface area (Å²) in [7, 11) is -1.47. The summed E-state index contributed by atoms with van der Waals surface area (Å²) in [5.41, 5.74) is 0.328. The predicted molar refractivity (Wildman–Crippen MR) is 100.0 cm³/mol. The van der Waals surface area contributed by atoms with Gasteiger partial charge in [-0.1, -0.05) is 0 Å². The number of fused-ring (bicyclic) bond motifs is 1. The topological polar surface area (TPSA) is 118 Å². The van der Waals surface area contributed by atoms with Gasteiger partial charge < -0.3 is 14.6 Å². The number of nitrogens with zero attached hydrogens (tertiary/aromatic N) is 3. The lowest BCUT2D eigenvalue weighted by Crippen LogP contribution is -2.42. The number of nitrogens with one attached hydrogen (secondary N) is 1. The van der Waals surface area contributed by atoms with Gasteiger partial charge in [-0.2, -0.15) is 0 Å². The summed E-state index contributed by atoms with van der Waals surface area (Å²) in [4.78, 5) is 31.5. The number of hydrogen-bond donors (Lipinski definition) is 1. The summed E-state index contributed by atoms with van der Waals surface area (Å²) in [6.45, 7) is 5.99. The van der Waals surface area contributed by atoms with Crippen LogP contribution in [-0.4, -0.2) is 54.0 Å². The molecular weight excluding hydrogens is 372 g/mol. The number of ether oxygens (including phenoxy) is 1. The molecule has 1 aliphatic heterocycles. The van der Waals surface area contributed by atoms with Crippen molar-refractivity contribution in [1.82, 2.24) is 14.9 Å². The second kappa shape index (κ2) is 7.26. The number of H-pyrrole nitrogens is 1. The van der Waals surface area contributed by atoms with Gasteiger partial charge in [0.05, 0.1) is 32.5 Å². The molecule has 27 heavy (non-hydrogen) atoms. The van der Waals surface area contributed by atoms with Crippen molar-refractivity contribution in [2.75, 3.05) is 12.3 Å². The Labute approximate surface area is 158 Å². The molecule has 2 atom stereocenters. The van der Waals surface area contributed by atoms with Crippen molar-refractivity contribution in [2.45, 2.75) is 50.4 Å². The van der Waals surface area contributed by atoms with Gasteiger partial charge in [-0.3, -0.25) is 14.3 Å². The molecule has 1 amide bonds. The Kier molecular flexibility index (Phi) is 5.18. The molecular formula is C17H22N4O5S. The number of aromatic nitrogens is 2. The SMILES string of the molecule is CC(C)(C)OC(=O)N1CCC[C@H]1C[S@@](=O)c1nc2ccc([N+](=O)[O-])cc2[nH]1. The lowest BCUT2D eigenvalue weighted by molar-refractivity contribution is -0.384. The number of aromatic amines is 1. The lowest BCUT2D eigenvalue weighted by atomic mass is 10.2. The van der Waals surface area contributed by atoms with E-state index in [4.69, 9.17) is 4.74 Å². The minimum atomic E-state index is -1.47. The number of hydrogen-bond acceptors (Lipinski definition) is 6. The maximum absolute atomic E-state index is 12.7. The van der Waals surface area contributed by atoms with Gasteiger partial charge in [-0.05, 0) is 39.7 Å². The number of amides is 1. The van der Waals surface area contributed by atoms with E-state index in [0.717, 1.165) is 12.8 Å². The molecule has 10 heteroatoms. The molecule has 0 radical (unpaired) electrons. The summed E-state index contributed by atoms with van der Waals surface area (Å²) in [6.07, 6.45) is 1.17. The van der Waals surface area contributed by atoms with Crippen LogP contribution in [0.5, 0.6) is 0 Å². The third-order valence-electron chi connectivity index (χ3n) is 4.22. The van der Waals surface area contributed by atoms with E-state index in [2.05, 4.69) is 9.97 Å². The van der Waals surface area contributed by atoms with Crippen LogP contribution in [0.2, 0.25) is 0 Å². The van der Waals surface area contributed by atoms with E-state index in [1.807, 2.05) is 20.8 Å². The Morgan fingerprint density at radius 3 is 2.89 bits per heavy atom. The Balaban J connectivity index is 1.73. The van der Waals surface area contributed by atoms with Crippen molar-refractivity contribution >= 4 is 33.6 Å². The first-order chi connectivity index (χ1) is 12.6. The fraction of sp³-hybridized carbons (Fsp3) is 0.529. The second-order valence-electron chi connectivity index (χ2n) is 7.48. The highest BCUT2D eigenvalue weighted by atomic mass is 32.2.